The van der Waals surface area contributed by atoms with E-state index in [1.165, 1.54) is 22.4 Å². The van der Waals surface area contributed by atoms with Crippen LogP contribution in [0.15, 0.2) is 72.4 Å². The van der Waals surface area contributed by atoms with E-state index < -0.39 is 0 Å². The van der Waals surface area contributed by atoms with Gasteiger partial charge in [0.05, 0.1) is 0 Å². The molecule has 0 N–H and O–H groups in total. The minimum atomic E-state index is 0.486. The summed E-state index contributed by atoms with van der Waals surface area (Å²) in [5, 5.41) is 0. The highest BCUT2D eigenvalue weighted by Crippen LogP contribution is 2.31. The molecule has 1 aromatic rings. The average Bonchev–Trinajstić information content (AvgIpc) is 2.53. The predicted octanol–water partition coefficient (Wildman–Crippen LogP) is 4.05. The lowest BCUT2D eigenvalue weighted by molar-refractivity contribution is -0.462. The summed E-state index contributed by atoms with van der Waals surface area (Å²) in [5.74, 6) is 0.486. The van der Waals surface area contributed by atoms with E-state index in [-0.39, 0.29) is 0 Å². The van der Waals surface area contributed by atoms with Crippen molar-refractivity contribution in [1.82, 2.24) is 0 Å². The molecule has 0 amide bonds. The van der Waals surface area contributed by atoms with Crippen molar-refractivity contribution in [3.05, 3.63) is 89.9 Å². The molecule has 2 aliphatic carbocycles. The zero-order valence-electron chi connectivity index (χ0n) is 12.7. The second-order valence-corrected chi connectivity index (χ2v) is 5.71. The third kappa shape index (κ3) is 3.08. The van der Waals surface area contributed by atoms with Crippen LogP contribution in [0, 0.1) is 6.42 Å². The van der Waals surface area contributed by atoms with Crippen molar-refractivity contribution in [1.29, 1.82) is 0 Å². The molecule has 1 heteroatoms. The van der Waals surface area contributed by atoms with Crippen molar-refractivity contribution in [2.45, 2.75) is 12.3 Å². The number of hydrogen-bond donors (Lipinski definition) is 0. The Bertz CT molecular complexity index is 662. The molecule has 1 nitrogen and oxygen atoms in total. The molecule has 21 heavy (non-hydrogen) atoms. The Kier molecular flexibility index (Phi) is 3.92. The van der Waals surface area contributed by atoms with Crippen LogP contribution >= 0.6 is 0 Å². The van der Waals surface area contributed by atoms with E-state index in [1.807, 2.05) is 0 Å². The summed E-state index contributed by atoms with van der Waals surface area (Å²) in [4.78, 5) is 0. The van der Waals surface area contributed by atoms with Gasteiger partial charge < -0.3 is 0 Å². The number of rotatable bonds is 2. The molecule has 0 heterocycles. The van der Waals surface area contributed by atoms with Crippen LogP contribution < -0.4 is 0 Å². The van der Waals surface area contributed by atoms with Crippen LogP contribution in [0.2, 0.25) is 0 Å². The molecule has 0 spiro atoms. The Balaban J connectivity index is 1.74. The molecule has 0 saturated carbocycles. The maximum absolute atomic E-state index is 2.33. The number of nitrogens with zero attached hydrogens (tertiary/aromatic N) is 1. The largest absolute Gasteiger partial charge is 0.235 e. The molecule has 0 aromatic heterocycles. The first kappa shape index (κ1) is 13.7. The quantitative estimate of drug-likeness (QED) is 0.566. The first-order chi connectivity index (χ1) is 10.2. The van der Waals surface area contributed by atoms with Crippen molar-refractivity contribution in [3.8, 4) is 0 Å². The normalized spacial score (nSPS) is 19.2. The van der Waals surface area contributed by atoms with Crippen LogP contribution in [0.4, 0.5) is 0 Å². The highest BCUT2D eigenvalue weighted by atomic mass is 14.9. The van der Waals surface area contributed by atoms with Gasteiger partial charge in [-0.25, -0.2) is 4.58 Å². The van der Waals surface area contributed by atoms with Gasteiger partial charge in [0, 0.05) is 12.2 Å². The lowest BCUT2D eigenvalue weighted by Crippen LogP contribution is -2.09. The van der Waals surface area contributed by atoms with Gasteiger partial charge in [0.15, 0.2) is 5.71 Å². The molecule has 1 aromatic carbocycles. The predicted molar refractivity (Wildman–Crippen MR) is 89.8 cm³/mol. The maximum Gasteiger partial charge on any atom is 0.199 e. The SMILES string of the molecule is C[N+](C)=C1C=CC(=CCC2C=C[CH-]c3ccccc32)C=C1. The summed E-state index contributed by atoms with van der Waals surface area (Å²) < 4.78 is 2.12. The lowest BCUT2D eigenvalue weighted by atomic mass is 9.85. The Labute approximate surface area is 127 Å². The van der Waals surface area contributed by atoms with Gasteiger partial charge in [-0.2, -0.15) is 6.08 Å². The van der Waals surface area contributed by atoms with E-state index in [0.717, 1.165) is 6.42 Å². The molecule has 3 rings (SSSR count). The average molecular weight is 275 g/mol. The zero-order chi connectivity index (χ0) is 14.7. The molecule has 1 atom stereocenters. The van der Waals surface area contributed by atoms with Gasteiger partial charge in [0.25, 0.3) is 0 Å². The molecule has 0 radical (unpaired) electrons. The van der Waals surface area contributed by atoms with Crippen molar-refractivity contribution < 1.29 is 4.58 Å². The molecule has 0 bridgehead atoms. The van der Waals surface area contributed by atoms with Crippen LogP contribution in [-0.2, 0) is 0 Å². The molecule has 106 valence electrons. The summed E-state index contributed by atoms with van der Waals surface area (Å²) in [5.41, 5.74) is 5.31. The Morgan fingerprint density at radius 2 is 1.86 bits per heavy atom. The second-order valence-electron chi connectivity index (χ2n) is 5.71. The fourth-order valence-corrected chi connectivity index (χ4v) is 2.77. The summed E-state index contributed by atoms with van der Waals surface area (Å²) in [6.45, 7) is 0. The smallest absolute Gasteiger partial charge is 0.199 e. The minimum absolute atomic E-state index is 0.486. The topological polar surface area (TPSA) is 3.01 Å². The Morgan fingerprint density at radius 3 is 2.62 bits per heavy atom. The molecule has 2 aliphatic rings. The van der Waals surface area contributed by atoms with E-state index >= 15 is 0 Å². The summed E-state index contributed by atoms with van der Waals surface area (Å²) >= 11 is 0. The summed E-state index contributed by atoms with van der Waals surface area (Å²) in [7, 11) is 4.14. The van der Waals surface area contributed by atoms with Gasteiger partial charge in [0.1, 0.15) is 14.1 Å². The second kappa shape index (κ2) is 6.01. The van der Waals surface area contributed by atoms with Crippen molar-refractivity contribution in [2.24, 2.45) is 0 Å². The van der Waals surface area contributed by atoms with Gasteiger partial charge >= 0.3 is 0 Å². The first-order valence-corrected chi connectivity index (χ1v) is 7.45. The zero-order valence-corrected chi connectivity index (χ0v) is 12.7. The minimum Gasteiger partial charge on any atom is -0.235 e. The molecular weight excluding hydrogens is 254 g/mol. The van der Waals surface area contributed by atoms with Crippen LogP contribution in [0.25, 0.3) is 0 Å². The molecule has 0 fully saturated rings. The van der Waals surface area contributed by atoms with Gasteiger partial charge in [-0.05, 0) is 24.1 Å². The lowest BCUT2D eigenvalue weighted by Gasteiger charge is -2.27. The fraction of sp³-hybridized carbons (Fsp3) is 0.200. The number of allylic oxidation sites excluding steroid dienone is 8. The Morgan fingerprint density at radius 1 is 1.10 bits per heavy atom. The van der Waals surface area contributed by atoms with Gasteiger partial charge in [-0.3, -0.25) is 0 Å². The highest BCUT2D eigenvalue weighted by Gasteiger charge is 2.08. The first-order valence-electron chi connectivity index (χ1n) is 7.45. The number of benzene rings is 1. The van der Waals surface area contributed by atoms with E-state index in [4.69, 9.17) is 0 Å². The van der Waals surface area contributed by atoms with Crippen LogP contribution in [-0.4, -0.2) is 24.4 Å². The monoisotopic (exact) mass is 275 g/mol. The summed E-state index contributed by atoms with van der Waals surface area (Å²) in [6.07, 6.45) is 18.8. The third-order valence-corrected chi connectivity index (χ3v) is 4.03. The van der Waals surface area contributed by atoms with Crippen LogP contribution in [0.3, 0.4) is 0 Å². The van der Waals surface area contributed by atoms with E-state index in [1.54, 1.807) is 0 Å². The third-order valence-electron chi connectivity index (χ3n) is 4.03. The standard InChI is InChI=1S/C20H21N/c1-21(2)19-14-11-16(12-15-19)10-13-18-8-5-7-17-6-3-4-9-20(17)18/h3-12,14-15,18H,13H2,1-2H3. The van der Waals surface area contributed by atoms with Gasteiger partial charge in [-0.15, -0.1) is 41.8 Å². The number of hydrogen-bond acceptors (Lipinski definition) is 0. The van der Waals surface area contributed by atoms with E-state index in [2.05, 4.69) is 91.9 Å². The molecule has 1 unspecified atom stereocenters. The van der Waals surface area contributed by atoms with E-state index in [9.17, 15) is 0 Å². The van der Waals surface area contributed by atoms with Crippen molar-refractivity contribution >= 4 is 5.71 Å². The van der Waals surface area contributed by atoms with Crippen molar-refractivity contribution in [3.63, 3.8) is 0 Å². The maximum atomic E-state index is 2.33. The molecule has 0 saturated heterocycles. The van der Waals surface area contributed by atoms with Crippen LogP contribution in [0.1, 0.15) is 23.5 Å². The van der Waals surface area contributed by atoms with Gasteiger partial charge in [-0.1, -0.05) is 18.1 Å². The fourth-order valence-electron chi connectivity index (χ4n) is 2.77. The summed E-state index contributed by atoms with van der Waals surface area (Å²) in [6, 6.07) is 8.67. The van der Waals surface area contributed by atoms with Gasteiger partial charge in [0.2, 0.25) is 0 Å². The van der Waals surface area contributed by atoms with Crippen LogP contribution in [0.5, 0.6) is 0 Å². The van der Waals surface area contributed by atoms with E-state index in [0.29, 0.717) is 5.92 Å². The highest BCUT2D eigenvalue weighted by molar-refractivity contribution is 6.02. The molecule has 0 aliphatic heterocycles. The molecular formula is C20H21N. The van der Waals surface area contributed by atoms with Crippen molar-refractivity contribution in [2.75, 3.05) is 14.1 Å². The number of fused-ring (bicyclic) bond motifs is 1. The Hall–Kier alpha value is -2.28.